The fourth-order valence-corrected chi connectivity index (χ4v) is 2.67. The fraction of sp³-hybridized carbons (Fsp3) is 0.400. The molecule has 5 nitrogen and oxygen atoms in total. The van der Waals surface area contributed by atoms with Crippen molar-refractivity contribution in [3.63, 3.8) is 0 Å². The Kier molecular flexibility index (Phi) is 4.63. The van der Waals surface area contributed by atoms with Crippen LogP contribution in [-0.4, -0.2) is 35.5 Å². The summed E-state index contributed by atoms with van der Waals surface area (Å²) in [5, 5.41) is 0. The van der Waals surface area contributed by atoms with Gasteiger partial charge in [0.15, 0.2) is 9.84 Å². The SMILES string of the molecule is Cc1ccc(OCCS(C)(=O)=O)c(S(=O)(=O)Cl)c1. The molecule has 0 saturated carbocycles. The van der Waals surface area contributed by atoms with Crippen LogP contribution >= 0.6 is 10.7 Å². The Hall–Kier alpha value is -0.790. The zero-order chi connectivity index (χ0) is 14.0. The predicted octanol–water partition coefficient (Wildman–Crippen LogP) is 1.35. The molecule has 1 aromatic carbocycles. The Labute approximate surface area is 111 Å². The van der Waals surface area contributed by atoms with Crippen LogP contribution in [0, 0.1) is 6.92 Å². The van der Waals surface area contributed by atoms with E-state index in [2.05, 4.69) is 0 Å². The van der Waals surface area contributed by atoms with Crippen LogP contribution in [0.1, 0.15) is 5.56 Å². The number of hydrogen-bond donors (Lipinski definition) is 0. The van der Waals surface area contributed by atoms with Gasteiger partial charge in [-0.1, -0.05) is 6.07 Å². The third kappa shape index (κ3) is 4.83. The van der Waals surface area contributed by atoms with Gasteiger partial charge >= 0.3 is 0 Å². The van der Waals surface area contributed by atoms with Gasteiger partial charge in [0.1, 0.15) is 17.3 Å². The van der Waals surface area contributed by atoms with E-state index in [0.717, 1.165) is 6.26 Å². The van der Waals surface area contributed by atoms with Gasteiger partial charge in [-0.25, -0.2) is 16.8 Å². The summed E-state index contributed by atoms with van der Waals surface area (Å²) in [5.74, 6) is -0.137. The molecule has 0 amide bonds. The molecule has 0 saturated heterocycles. The maximum atomic E-state index is 11.3. The first-order valence-electron chi connectivity index (χ1n) is 4.95. The lowest BCUT2D eigenvalue weighted by atomic mass is 10.2. The Morgan fingerprint density at radius 3 is 2.33 bits per heavy atom. The number of aryl methyl sites for hydroxylation is 1. The molecule has 0 bridgehead atoms. The minimum atomic E-state index is -3.92. The largest absolute Gasteiger partial charge is 0.491 e. The van der Waals surface area contributed by atoms with Crippen LogP contribution in [0.5, 0.6) is 5.75 Å². The Morgan fingerprint density at radius 2 is 1.83 bits per heavy atom. The zero-order valence-electron chi connectivity index (χ0n) is 9.88. The van der Waals surface area contributed by atoms with Crippen LogP contribution in [-0.2, 0) is 18.9 Å². The Balaban J connectivity index is 2.96. The van der Waals surface area contributed by atoms with E-state index in [-0.39, 0.29) is 23.0 Å². The molecule has 0 aromatic heterocycles. The second kappa shape index (κ2) is 5.46. The van der Waals surface area contributed by atoms with Crippen LogP contribution < -0.4 is 4.74 Å². The first kappa shape index (κ1) is 15.3. The van der Waals surface area contributed by atoms with Gasteiger partial charge in [-0.05, 0) is 24.6 Å². The summed E-state index contributed by atoms with van der Waals surface area (Å²) in [5.41, 5.74) is 0.713. The van der Waals surface area contributed by atoms with Crippen molar-refractivity contribution in [3.8, 4) is 5.75 Å². The number of halogens is 1. The molecular weight excluding hydrogens is 300 g/mol. The molecule has 0 atom stereocenters. The first-order chi connectivity index (χ1) is 8.09. The molecule has 1 aromatic rings. The van der Waals surface area contributed by atoms with E-state index in [9.17, 15) is 16.8 Å². The number of rotatable bonds is 5. The van der Waals surface area contributed by atoms with E-state index >= 15 is 0 Å². The standard InChI is InChI=1S/C10H13ClO5S2/c1-8-3-4-9(10(7-8)18(11,14)15)16-5-6-17(2,12)13/h3-4,7H,5-6H2,1-2H3. The topological polar surface area (TPSA) is 77.5 Å². The summed E-state index contributed by atoms with van der Waals surface area (Å²) < 4.78 is 49.7. The second-order valence-corrected chi connectivity index (χ2v) is 8.66. The van der Waals surface area contributed by atoms with Crippen molar-refractivity contribution < 1.29 is 21.6 Å². The summed E-state index contributed by atoms with van der Waals surface area (Å²) >= 11 is 0. The number of benzene rings is 1. The van der Waals surface area contributed by atoms with Gasteiger partial charge in [0.2, 0.25) is 0 Å². The van der Waals surface area contributed by atoms with Crippen molar-refractivity contribution in [2.45, 2.75) is 11.8 Å². The molecule has 0 aliphatic rings. The average molecular weight is 313 g/mol. The van der Waals surface area contributed by atoms with E-state index in [1.165, 1.54) is 12.1 Å². The van der Waals surface area contributed by atoms with Gasteiger partial charge < -0.3 is 4.74 Å². The molecule has 0 unspecified atom stereocenters. The van der Waals surface area contributed by atoms with Crippen molar-refractivity contribution in [2.24, 2.45) is 0 Å². The van der Waals surface area contributed by atoms with Crippen molar-refractivity contribution in [2.75, 3.05) is 18.6 Å². The van der Waals surface area contributed by atoms with E-state index < -0.39 is 18.9 Å². The maximum absolute atomic E-state index is 11.3. The smallest absolute Gasteiger partial charge is 0.264 e. The number of ether oxygens (including phenoxy) is 1. The Morgan fingerprint density at radius 1 is 1.22 bits per heavy atom. The van der Waals surface area contributed by atoms with E-state index in [1.54, 1.807) is 13.0 Å². The van der Waals surface area contributed by atoms with Crippen LogP contribution in [0.25, 0.3) is 0 Å². The van der Waals surface area contributed by atoms with Gasteiger partial charge in [-0.2, -0.15) is 0 Å². The molecule has 0 radical (unpaired) electrons. The highest BCUT2D eigenvalue weighted by molar-refractivity contribution is 8.13. The third-order valence-corrected chi connectivity index (χ3v) is 4.32. The lowest BCUT2D eigenvalue weighted by Gasteiger charge is -2.09. The minimum Gasteiger partial charge on any atom is -0.491 e. The molecule has 0 fully saturated rings. The van der Waals surface area contributed by atoms with Gasteiger partial charge in [-0.3, -0.25) is 0 Å². The van der Waals surface area contributed by atoms with Crippen LogP contribution in [0.2, 0.25) is 0 Å². The van der Waals surface area contributed by atoms with Crippen LogP contribution in [0.4, 0.5) is 0 Å². The summed E-state index contributed by atoms with van der Waals surface area (Å²) in [6.07, 6.45) is 1.07. The fourth-order valence-electron chi connectivity index (χ4n) is 1.23. The lowest BCUT2D eigenvalue weighted by Crippen LogP contribution is -2.13. The highest BCUT2D eigenvalue weighted by Gasteiger charge is 2.17. The predicted molar refractivity (Wildman–Crippen MR) is 69.4 cm³/mol. The minimum absolute atomic E-state index is 0.0549. The summed E-state index contributed by atoms with van der Waals surface area (Å²) in [4.78, 5) is -0.155. The summed E-state index contributed by atoms with van der Waals surface area (Å²) in [7, 11) is -1.80. The third-order valence-electron chi connectivity index (χ3n) is 2.07. The van der Waals surface area contributed by atoms with Crippen molar-refractivity contribution in [1.29, 1.82) is 0 Å². The monoisotopic (exact) mass is 312 g/mol. The van der Waals surface area contributed by atoms with Crippen LogP contribution in [0.3, 0.4) is 0 Å². The second-order valence-electron chi connectivity index (χ2n) is 3.87. The zero-order valence-corrected chi connectivity index (χ0v) is 12.3. The Bertz CT molecular complexity index is 634. The summed E-state index contributed by atoms with van der Waals surface area (Å²) in [6, 6.07) is 4.48. The lowest BCUT2D eigenvalue weighted by molar-refractivity contribution is 0.332. The highest BCUT2D eigenvalue weighted by Crippen LogP contribution is 2.27. The molecule has 8 heteroatoms. The normalized spacial score (nSPS) is 12.4. The van der Waals surface area contributed by atoms with Crippen molar-refractivity contribution >= 4 is 29.6 Å². The van der Waals surface area contributed by atoms with E-state index in [1.807, 2.05) is 0 Å². The van der Waals surface area contributed by atoms with Gasteiger partial charge in [-0.15, -0.1) is 0 Å². The maximum Gasteiger partial charge on any atom is 0.264 e. The molecule has 1 rings (SSSR count). The van der Waals surface area contributed by atoms with E-state index in [4.69, 9.17) is 15.4 Å². The van der Waals surface area contributed by atoms with Gasteiger partial charge in [0.05, 0.1) is 5.75 Å². The molecule has 18 heavy (non-hydrogen) atoms. The van der Waals surface area contributed by atoms with Gasteiger partial charge in [0.25, 0.3) is 9.05 Å². The molecule has 102 valence electrons. The van der Waals surface area contributed by atoms with E-state index in [0.29, 0.717) is 5.56 Å². The number of sulfone groups is 1. The number of hydrogen-bond acceptors (Lipinski definition) is 5. The molecule has 0 heterocycles. The van der Waals surface area contributed by atoms with Gasteiger partial charge in [0, 0.05) is 16.9 Å². The van der Waals surface area contributed by atoms with Crippen molar-refractivity contribution in [3.05, 3.63) is 23.8 Å². The summed E-state index contributed by atoms with van der Waals surface area (Å²) in [6.45, 7) is 1.59. The molecular formula is C10H13ClO5S2. The molecule has 0 N–H and O–H groups in total. The molecule has 0 aliphatic heterocycles. The average Bonchev–Trinajstić information content (AvgIpc) is 2.17. The highest BCUT2D eigenvalue weighted by atomic mass is 35.7. The quantitative estimate of drug-likeness (QED) is 0.767. The van der Waals surface area contributed by atoms with Crippen molar-refractivity contribution in [1.82, 2.24) is 0 Å². The molecule has 0 aliphatic carbocycles. The van der Waals surface area contributed by atoms with Crippen LogP contribution in [0.15, 0.2) is 23.1 Å². The first-order valence-corrected chi connectivity index (χ1v) is 9.32. The molecule has 0 spiro atoms.